The summed E-state index contributed by atoms with van der Waals surface area (Å²) in [7, 11) is 0. The summed E-state index contributed by atoms with van der Waals surface area (Å²) in [4.78, 5) is 35.7. The van der Waals surface area contributed by atoms with Crippen molar-refractivity contribution in [1.29, 1.82) is 0 Å². The van der Waals surface area contributed by atoms with E-state index in [0.717, 1.165) is 13.1 Å². The Morgan fingerprint density at radius 2 is 1.88 bits per heavy atom. The van der Waals surface area contributed by atoms with Crippen molar-refractivity contribution in [3.8, 4) is 0 Å². The molecule has 1 fully saturated rings. The number of carbonyl (C=O) groups excluding carboxylic acids is 1. The van der Waals surface area contributed by atoms with Gasteiger partial charge in [-0.05, 0) is 38.5 Å². The molecule has 1 aromatic carbocycles. The van der Waals surface area contributed by atoms with E-state index in [1.165, 1.54) is 11.3 Å². The largest absolute Gasteiger partial charge is 0.368 e. The van der Waals surface area contributed by atoms with Gasteiger partial charge in [0, 0.05) is 43.1 Å². The molecule has 6 heteroatoms. The topological polar surface area (TPSA) is 69.3 Å². The number of hydrogen-bond acceptors (Lipinski definition) is 4. The maximum absolute atomic E-state index is 12.6. The lowest BCUT2D eigenvalue weighted by Crippen LogP contribution is -2.49. The fourth-order valence-corrected chi connectivity index (χ4v) is 3.26. The number of aryl methyl sites for hydroxylation is 3. The van der Waals surface area contributed by atoms with Gasteiger partial charge in [-0.1, -0.05) is 12.1 Å². The van der Waals surface area contributed by atoms with Crippen LogP contribution < -0.4 is 10.5 Å². The number of benzene rings is 1. The molecule has 1 aromatic heterocycles. The lowest BCUT2D eigenvalue weighted by Gasteiger charge is -2.36. The molecule has 0 saturated carbocycles. The van der Waals surface area contributed by atoms with Gasteiger partial charge in [-0.15, -0.1) is 0 Å². The average Bonchev–Trinajstić information content (AvgIpc) is 2.58. The van der Waals surface area contributed by atoms with Gasteiger partial charge in [-0.3, -0.25) is 9.59 Å². The molecule has 0 radical (unpaired) electrons. The summed E-state index contributed by atoms with van der Waals surface area (Å²) in [5.74, 6) is 0.564. The van der Waals surface area contributed by atoms with E-state index >= 15 is 0 Å². The van der Waals surface area contributed by atoms with Gasteiger partial charge in [0.2, 0.25) is 5.91 Å². The summed E-state index contributed by atoms with van der Waals surface area (Å²) in [6, 6.07) is 8.41. The van der Waals surface area contributed by atoms with Gasteiger partial charge >= 0.3 is 0 Å². The lowest BCUT2D eigenvalue weighted by atomic mass is 10.1. The van der Waals surface area contributed by atoms with Crippen LogP contribution in [0.25, 0.3) is 0 Å². The molecule has 3 rings (SSSR count). The van der Waals surface area contributed by atoms with Crippen molar-refractivity contribution in [2.75, 3.05) is 31.1 Å². The van der Waals surface area contributed by atoms with E-state index < -0.39 is 0 Å². The van der Waals surface area contributed by atoms with Gasteiger partial charge in [-0.2, -0.15) is 0 Å². The van der Waals surface area contributed by atoms with Crippen molar-refractivity contribution in [3.63, 3.8) is 0 Å². The molecule has 2 heterocycles. The van der Waals surface area contributed by atoms with E-state index in [0.29, 0.717) is 30.2 Å². The van der Waals surface area contributed by atoms with Crippen molar-refractivity contribution in [2.24, 2.45) is 0 Å². The highest BCUT2D eigenvalue weighted by atomic mass is 16.2. The van der Waals surface area contributed by atoms with Crippen LogP contribution in [0.2, 0.25) is 0 Å². The Balaban J connectivity index is 1.63. The first-order chi connectivity index (χ1) is 11.9. The van der Waals surface area contributed by atoms with Gasteiger partial charge in [0.05, 0.1) is 6.42 Å². The van der Waals surface area contributed by atoms with Crippen molar-refractivity contribution in [1.82, 2.24) is 14.9 Å². The molecule has 1 saturated heterocycles. The zero-order chi connectivity index (χ0) is 18.0. The standard InChI is InChI=1S/C19H24N4O2/c1-13-5-4-6-16(11-13)22-7-9-23(10-8-22)18(24)12-17-14(2)20-15(3)21-19(17)25/h4-6,11H,7-10,12H2,1-3H3,(H,20,21,25). The van der Waals surface area contributed by atoms with Gasteiger partial charge in [-0.25, -0.2) is 4.98 Å². The maximum atomic E-state index is 12.6. The first kappa shape index (κ1) is 17.2. The van der Waals surface area contributed by atoms with Crippen LogP contribution in [-0.2, 0) is 11.2 Å². The van der Waals surface area contributed by atoms with Crippen molar-refractivity contribution >= 4 is 11.6 Å². The Labute approximate surface area is 147 Å². The molecule has 0 unspecified atom stereocenters. The quantitative estimate of drug-likeness (QED) is 0.921. The number of nitrogens with zero attached hydrogens (tertiary/aromatic N) is 3. The second kappa shape index (κ2) is 7.09. The summed E-state index contributed by atoms with van der Waals surface area (Å²) >= 11 is 0. The predicted molar refractivity (Wildman–Crippen MR) is 98.0 cm³/mol. The minimum atomic E-state index is -0.211. The minimum absolute atomic E-state index is 0.0110. The van der Waals surface area contributed by atoms with Crippen LogP contribution in [-0.4, -0.2) is 47.0 Å². The third-order valence-electron chi connectivity index (χ3n) is 4.67. The molecule has 0 bridgehead atoms. The zero-order valence-electron chi connectivity index (χ0n) is 15.0. The number of hydrogen-bond donors (Lipinski definition) is 1. The third-order valence-corrected chi connectivity index (χ3v) is 4.67. The number of aromatic amines is 1. The molecular weight excluding hydrogens is 316 g/mol. The van der Waals surface area contributed by atoms with Gasteiger partial charge in [0.25, 0.3) is 5.56 Å². The Bertz CT molecular complexity index is 836. The van der Waals surface area contributed by atoms with E-state index in [4.69, 9.17) is 0 Å². The first-order valence-electron chi connectivity index (χ1n) is 8.60. The van der Waals surface area contributed by atoms with E-state index in [-0.39, 0.29) is 17.9 Å². The summed E-state index contributed by atoms with van der Waals surface area (Å²) in [5.41, 5.74) is 3.32. The Morgan fingerprint density at radius 3 is 2.52 bits per heavy atom. The third kappa shape index (κ3) is 3.90. The fourth-order valence-electron chi connectivity index (χ4n) is 3.26. The average molecular weight is 340 g/mol. The monoisotopic (exact) mass is 340 g/mol. The number of carbonyl (C=O) groups is 1. The Hall–Kier alpha value is -2.63. The van der Waals surface area contributed by atoms with Crippen LogP contribution in [0.15, 0.2) is 29.1 Å². The molecule has 1 N–H and O–H groups in total. The molecule has 1 aliphatic heterocycles. The van der Waals surface area contributed by atoms with Crippen LogP contribution in [0.1, 0.15) is 22.6 Å². The number of H-pyrrole nitrogens is 1. The fraction of sp³-hybridized carbons (Fsp3) is 0.421. The predicted octanol–water partition coefficient (Wildman–Crippen LogP) is 1.59. The highest BCUT2D eigenvalue weighted by Gasteiger charge is 2.23. The van der Waals surface area contributed by atoms with Crippen LogP contribution in [0, 0.1) is 20.8 Å². The summed E-state index contributed by atoms with van der Waals surface area (Å²) in [5, 5.41) is 0. The molecule has 132 valence electrons. The van der Waals surface area contributed by atoms with Gasteiger partial charge < -0.3 is 14.8 Å². The van der Waals surface area contributed by atoms with Crippen molar-refractivity contribution in [3.05, 3.63) is 57.3 Å². The highest BCUT2D eigenvalue weighted by molar-refractivity contribution is 5.79. The van der Waals surface area contributed by atoms with E-state index in [1.807, 2.05) is 4.90 Å². The number of nitrogens with one attached hydrogen (secondary N) is 1. The van der Waals surface area contributed by atoms with Gasteiger partial charge in [0.1, 0.15) is 5.82 Å². The molecule has 2 aromatic rings. The summed E-state index contributed by atoms with van der Waals surface area (Å²) in [6.45, 7) is 8.54. The molecular formula is C19H24N4O2. The molecule has 0 atom stereocenters. The minimum Gasteiger partial charge on any atom is -0.368 e. The number of amides is 1. The van der Waals surface area contributed by atoms with Crippen LogP contribution in [0.5, 0.6) is 0 Å². The number of piperazine rings is 1. The summed E-state index contributed by atoms with van der Waals surface area (Å²) < 4.78 is 0. The number of aromatic nitrogens is 2. The lowest BCUT2D eigenvalue weighted by molar-refractivity contribution is -0.130. The molecule has 6 nitrogen and oxygen atoms in total. The van der Waals surface area contributed by atoms with Crippen molar-refractivity contribution < 1.29 is 4.79 Å². The first-order valence-corrected chi connectivity index (χ1v) is 8.60. The molecule has 0 spiro atoms. The van der Waals surface area contributed by atoms with E-state index in [2.05, 4.69) is 46.1 Å². The molecule has 0 aliphatic carbocycles. The van der Waals surface area contributed by atoms with Crippen LogP contribution in [0.3, 0.4) is 0 Å². The van der Waals surface area contributed by atoms with Crippen LogP contribution >= 0.6 is 0 Å². The zero-order valence-corrected chi connectivity index (χ0v) is 15.0. The molecule has 25 heavy (non-hydrogen) atoms. The van der Waals surface area contributed by atoms with E-state index in [1.54, 1.807) is 13.8 Å². The SMILES string of the molecule is Cc1cccc(N2CCN(C(=O)Cc3c(C)nc(C)[nH]c3=O)CC2)c1. The maximum Gasteiger partial charge on any atom is 0.254 e. The normalized spacial score (nSPS) is 14.7. The van der Waals surface area contributed by atoms with Crippen molar-refractivity contribution in [2.45, 2.75) is 27.2 Å². The summed E-state index contributed by atoms with van der Waals surface area (Å²) in [6.07, 6.45) is 0.110. The second-order valence-electron chi connectivity index (χ2n) is 6.60. The Morgan fingerprint density at radius 1 is 1.16 bits per heavy atom. The second-order valence-corrected chi connectivity index (χ2v) is 6.60. The Kier molecular flexibility index (Phi) is 4.88. The molecule has 1 aliphatic rings. The highest BCUT2D eigenvalue weighted by Crippen LogP contribution is 2.18. The van der Waals surface area contributed by atoms with E-state index in [9.17, 15) is 9.59 Å². The smallest absolute Gasteiger partial charge is 0.254 e. The number of anilines is 1. The molecule has 1 amide bonds. The van der Waals surface area contributed by atoms with Crippen LogP contribution in [0.4, 0.5) is 5.69 Å². The number of rotatable bonds is 3. The van der Waals surface area contributed by atoms with Gasteiger partial charge in [0.15, 0.2) is 0 Å².